The van der Waals surface area contributed by atoms with Crippen molar-refractivity contribution >= 4 is 5.91 Å². The molecule has 0 aromatic carbocycles. The van der Waals surface area contributed by atoms with Crippen molar-refractivity contribution in [2.45, 2.75) is 63.8 Å². The first-order valence-corrected chi connectivity index (χ1v) is 9.20. The van der Waals surface area contributed by atoms with E-state index in [-0.39, 0.29) is 17.0 Å². The second-order valence-corrected chi connectivity index (χ2v) is 7.11. The van der Waals surface area contributed by atoms with Gasteiger partial charge in [-0.2, -0.15) is 0 Å². The molecule has 2 heterocycles. The number of nitrogens with one attached hydrogen (secondary N) is 2. The summed E-state index contributed by atoms with van der Waals surface area (Å²) in [5.41, 5.74) is 0.298. The van der Waals surface area contributed by atoms with Crippen molar-refractivity contribution < 1.29 is 4.79 Å². The lowest BCUT2D eigenvalue weighted by molar-refractivity contribution is -0.135. The van der Waals surface area contributed by atoms with Gasteiger partial charge in [0.1, 0.15) is 11.4 Å². The van der Waals surface area contributed by atoms with E-state index >= 15 is 0 Å². The minimum Gasteiger partial charge on any atom is -0.354 e. The fourth-order valence-corrected chi connectivity index (χ4v) is 4.21. The van der Waals surface area contributed by atoms with Crippen molar-refractivity contribution in [1.29, 1.82) is 0 Å². The molecule has 0 radical (unpaired) electrons. The van der Waals surface area contributed by atoms with Gasteiger partial charge in [0, 0.05) is 24.7 Å². The van der Waals surface area contributed by atoms with E-state index in [1.807, 2.05) is 0 Å². The molecule has 2 fully saturated rings. The zero-order valence-corrected chi connectivity index (χ0v) is 14.6. The highest BCUT2D eigenvalue weighted by atomic mass is 16.2. The summed E-state index contributed by atoms with van der Waals surface area (Å²) in [6.07, 6.45) is 8.45. The van der Waals surface area contributed by atoms with E-state index in [4.69, 9.17) is 0 Å². The molecule has 2 N–H and O–H groups in total. The SMILES string of the molecule is Cc1nc(CCNC(=O)C2(N3CCCC3)CCCCC2)cc(=O)[nH]1. The van der Waals surface area contributed by atoms with E-state index < -0.39 is 0 Å². The predicted molar refractivity (Wildman–Crippen MR) is 92.9 cm³/mol. The lowest BCUT2D eigenvalue weighted by Gasteiger charge is -2.43. The molecule has 6 nitrogen and oxygen atoms in total. The van der Waals surface area contributed by atoms with Gasteiger partial charge >= 0.3 is 0 Å². The number of hydrogen-bond donors (Lipinski definition) is 2. The van der Waals surface area contributed by atoms with Crippen molar-refractivity contribution in [3.8, 4) is 0 Å². The van der Waals surface area contributed by atoms with Crippen LogP contribution in [0.4, 0.5) is 0 Å². The van der Waals surface area contributed by atoms with Crippen molar-refractivity contribution in [3.05, 3.63) is 27.9 Å². The Kier molecular flexibility index (Phi) is 5.33. The van der Waals surface area contributed by atoms with E-state index in [0.717, 1.165) is 44.5 Å². The quantitative estimate of drug-likeness (QED) is 0.857. The lowest BCUT2D eigenvalue weighted by atomic mass is 9.79. The molecule has 1 aromatic heterocycles. The third kappa shape index (κ3) is 3.69. The topological polar surface area (TPSA) is 78.1 Å². The van der Waals surface area contributed by atoms with E-state index in [1.54, 1.807) is 6.92 Å². The summed E-state index contributed by atoms with van der Waals surface area (Å²) in [4.78, 5) is 33.9. The van der Waals surface area contributed by atoms with Gasteiger partial charge in [-0.25, -0.2) is 4.98 Å². The van der Waals surface area contributed by atoms with Crippen LogP contribution in [0.3, 0.4) is 0 Å². The predicted octanol–water partition coefficient (Wildman–Crippen LogP) is 1.54. The summed E-state index contributed by atoms with van der Waals surface area (Å²) in [6.45, 7) is 4.39. The third-order valence-electron chi connectivity index (χ3n) is 5.39. The normalized spacial score (nSPS) is 20.9. The summed E-state index contributed by atoms with van der Waals surface area (Å²) >= 11 is 0. The second-order valence-electron chi connectivity index (χ2n) is 7.11. The zero-order chi connectivity index (χ0) is 17.0. The van der Waals surface area contributed by atoms with E-state index in [2.05, 4.69) is 20.2 Å². The minimum absolute atomic E-state index is 0.135. The molecule has 1 aromatic rings. The Morgan fingerprint density at radius 1 is 1.25 bits per heavy atom. The number of likely N-dealkylation sites (tertiary alicyclic amines) is 1. The Bertz CT molecular complexity index is 628. The van der Waals surface area contributed by atoms with Gasteiger partial charge in [-0.15, -0.1) is 0 Å². The summed E-state index contributed by atoms with van der Waals surface area (Å²) in [7, 11) is 0. The van der Waals surface area contributed by atoms with Crippen molar-refractivity contribution in [2.24, 2.45) is 0 Å². The number of carbonyl (C=O) groups is 1. The molecule has 1 aliphatic carbocycles. The van der Waals surface area contributed by atoms with Crippen molar-refractivity contribution in [2.75, 3.05) is 19.6 Å². The first-order chi connectivity index (χ1) is 11.6. The highest BCUT2D eigenvalue weighted by molar-refractivity contribution is 5.86. The lowest BCUT2D eigenvalue weighted by Crippen LogP contribution is -2.59. The molecule has 1 saturated carbocycles. The standard InChI is InChI=1S/C18H28N4O2/c1-14-20-15(13-16(23)21-14)7-10-19-17(24)18(8-3-2-4-9-18)22-11-5-6-12-22/h13H,2-12H2,1H3,(H,19,24)(H,20,21,23). The molecule has 0 spiro atoms. The average molecular weight is 332 g/mol. The molecule has 0 unspecified atom stereocenters. The fraction of sp³-hybridized carbons (Fsp3) is 0.722. The fourth-order valence-electron chi connectivity index (χ4n) is 4.21. The first kappa shape index (κ1) is 17.1. The summed E-state index contributed by atoms with van der Waals surface area (Å²) in [5.74, 6) is 0.787. The van der Waals surface area contributed by atoms with Crippen LogP contribution < -0.4 is 10.9 Å². The van der Waals surface area contributed by atoms with E-state index in [1.165, 1.54) is 25.3 Å². The number of amides is 1. The van der Waals surface area contributed by atoms with Crippen LogP contribution in [0.1, 0.15) is 56.5 Å². The average Bonchev–Trinajstić information content (AvgIpc) is 3.09. The van der Waals surface area contributed by atoms with Gasteiger partial charge in [-0.1, -0.05) is 19.3 Å². The molecule has 1 amide bonds. The second kappa shape index (κ2) is 7.47. The van der Waals surface area contributed by atoms with E-state index in [0.29, 0.717) is 18.8 Å². The van der Waals surface area contributed by atoms with Crippen LogP contribution in [0.2, 0.25) is 0 Å². The monoisotopic (exact) mass is 332 g/mol. The molecular formula is C18H28N4O2. The largest absolute Gasteiger partial charge is 0.354 e. The summed E-state index contributed by atoms with van der Waals surface area (Å²) in [5, 5.41) is 3.12. The molecule has 24 heavy (non-hydrogen) atoms. The van der Waals surface area contributed by atoms with Crippen LogP contribution in [-0.2, 0) is 11.2 Å². The number of rotatable bonds is 5. The molecule has 1 aliphatic heterocycles. The van der Waals surface area contributed by atoms with Crippen LogP contribution in [0.25, 0.3) is 0 Å². The molecule has 3 rings (SSSR count). The van der Waals surface area contributed by atoms with Crippen molar-refractivity contribution in [1.82, 2.24) is 20.2 Å². The van der Waals surface area contributed by atoms with Gasteiger partial charge < -0.3 is 10.3 Å². The molecule has 0 bridgehead atoms. The number of aryl methyl sites for hydroxylation is 1. The van der Waals surface area contributed by atoms with Crippen LogP contribution in [0, 0.1) is 6.92 Å². The van der Waals surface area contributed by atoms with Crippen LogP contribution >= 0.6 is 0 Å². The molecule has 1 saturated heterocycles. The van der Waals surface area contributed by atoms with Gasteiger partial charge in [-0.3, -0.25) is 14.5 Å². The van der Waals surface area contributed by atoms with Gasteiger partial charge in [0.05, 0.1) is 0 Å². The Morgan fingerprint density at radius 3 is 2.62 bits per heavy atom. The van der Waals surface area contributed by atoms with Gasteiger partial charge in [0.25, 0.3) is 5.56 Å². The number of H-pyrrole nitrogens is 1. The number of carbonyl (C=O) groups excluding carboxylic acids is 1. The van der Waals surface area contributed by atoms with Crippen molar-refractivity contribution in [3.63, 3.8) is 0 Å². The maximum atomic E-state index is 13.0. The van der Waals surface area contributed by atoms with Gasteiger partial charge in [0.15, 0.2) is 0 Å². The highest BCUT2D eigenvalue weighted by Crippen LogP contribution is 2.36. The smallest absolute Gasteiger partial charge is 0.251 e. The Balaban J connectivity index is 1.62. The Hall–Kier alpha value is -1.69. The first-order valence-electron chi connectivity index (χ1n) is 9.20. The highest BCUT2D eigenvalue weighted by Gasteiger charge is 2.45. The number of hydrogen-bond acceptors (Lipinski definition) is 4. The van der Waals surface area contributed by atoms with Crippen LogP contribution in [0.5, 0.6) is 0 Å². The molecule has 132 valence electrons. The van der Waals surface area contributed by atoms with Gasteiger partial charge in [0.2, 0.25) is 5.91 Å². The summed E-state index contributed by atoms with van der Waals surface area (Å²) < 4.78 is 0. The molecule has 0 atom stereocenters. The Labute approximate surface area is 143 Å². The number of aromatic nitrogens is 2. The number of aromatic amines is 1. The Morgan fingerprint density at radius 2 is 1.96 bits per heavy atom. The maximum Gasteiger partial charge on any atom is 0.251 e. The number of nitrogens with zero attached hydrogens (tertiary/aromatic N) is 2. The third-order valence-corrected chi connectivity index (χ3v) is 5.39. The minimum atomic E-state index is -0.299. The molecule has 6 heteroatoms. The molecule has 2 aliphatic rings. The zero-order valence-electron chi connectivity index (χ0n) is 14.6. The van der Waals surface area contributed by atoms with Crippen LogP contribution in [0.15, 0.2) is 10.9 Å². The van der Waals surface area contributed by atoms with E-state index in [9.17, 15) is 9.59 Å². The van der Waals surface area contributed by atoms with Gasteiger partial charge in [-0.05, 0) is 45.7 Å². The van der Waals surface area contributed by atoms with Crippen LogP contribution in [-0.4, -0.2) is 45.9 Å². The maximum absolute atomic E-state index is 13.0. The summed E-state index contributed by atoms with van der Waals surface area (Å²) in [6, 6.07) is 1.51. The molecular weight excluding hydrogens is 304 g/mol.